The number of nitrogens with zero attached hydrogens (tertiary/aromatic N) is 5. The summed E-state index contributed by atoms with van der Waals surface area (Å²) in [5, 5.41) is 15.1. The van der Waals surface area contributed by atoms with E-state index < -0.39 is 22.4 Å². The van der Waals surface area contributed by atoms with Gasteiger partial charge in [0.25, 0.3) is 5.69 Å². The van der Waals surface area contributed by atoms with Crippen molar-refractivity contribution in [2.45, 2.75) is 6.18 Å². The fourth-order valence-corrected chi connectivity index (χ4v) is 2.87. The van der Waals surface area contributed by atoms with Gasteiger partial charge >= 0.3 is 6.18 Å². The molecule has 0 aliphatic rings. The fraction of sp³-hybridized carbons (Fsp3) is 0.111. The molecular weight excluding hydrogens is 391 g/mol. The number of aromatic nitrogens is 4. The average Bonchev–Trinajstić information content (AvgIpc) is 3.29. The van der Waals surface area contributed by atoms with Crippen molar-refractivity contribution >= 4 is 11.2 Å². The predicted octanol–water partition coefficient (Wildman–Crippen LogP) is 4.45. The lowest BCUT2D eigenvalue weighted by Gasteiger charge is -2.12. The molecule has 0 spiro atoms. The van der Waals surface area contributed by atoms with Gasteiger partial charge in [0, 0.05) is 31.1 Å². The molecule has 8 nitrogen and oxygen atoms in total. The van der Waals surface area contributed by atoms with Gasteiger partial charge in [-0.05, 0) is 24.3 Å². The zero-order chi connectivity index (χ0) is 20.8. The van der Waals surface area contributed by atoms with Crippen molar-refractivity contribution in [1.29, 1.82) is 0 Å². The lowest BCUT2D eigenvalue weighted by molar-refractivity contribution is -0.388. The number of hydrogen-bond acceptors (Lipinski definition) is 5. The minimum Gasteiger partial charge on any atom is -0.455 e. The second-order valence-electron chi connectivity index (χ2n) is 6.21. The minimum atomic E-state index is -4.90. The summed E-state index contributed by atoms with van der Waals surface area (Å²) < 4.78 is 48.6. The second-order valence-corrected chi connectivity index (χ2v) is 6.21. The number of halogens is 3. The molecule has 4 rings (SSSR count). The van der Waals surface area contributed by atoms with E-state index in [4.69, 9.17) is 4.74 Å². The first-order chi connectivity index (χ1) is 13.7. The monoisotopic (exact) mass is 403 g/mol. The van der Waals surface area contributed by atoms with Crippen LogP contribution < -0.4 is 4.74 Å². The zero-order valence-corrected chi connectivity index (χ0v) is 14.8. The van der Waals surface area contributed by atoms with Crippen LogP contribution in [0.3, 0.4) is 0 Å². The molecule has 0 aliphatic carbocycles. The third-order valence-electron chi connectivity index (χ3n) is 4.17. The van der Waals surface area contributed by atoms with Crippen LogP contribution in [0.5, 0.6) is 11.5 Å². The Balaban J connectivity index is 1.80. The Morgan fingerprint density at radius 2 is 1.97 bits per heavy atom. The van der Waals surface area contributed by atoms with Gasteiger partial charge in [-0.3, -0.25) is 10.1 Å². The quantitative estimate of drug-likeness (QED) is 0.371. The van der Waals surface area contributed by atoms with E-state index in [1.807, 2.05) is 0 Å². The number of aryl methyl sites for hydroxylation is 1. The smallest absolute Gasteiger partial charge is 0.423 e. The van der Waals surface area contributed by atoms with Gasteiger partial charge in [-0.15, -0.1) is 0 Å². The first-order valence-electron chi connectivity index (χ1n) is 8.21. The third kappa shape index (κ3) is 3.49. The number of nitro groups is 1. The summed E-state index contributed by atoms with van der Waals surface area (Å²) in [5.74, 6) is 0.0387. The number of rotatable bonds is 4. The maximum Gasteiger partial charge on any atom is 0.423 e. The van der Waals surface area contributed by atoms with E-state index in [1.165, 1.54) is 10.7 Å². The standard InChI is InChI=1S/C18H12F3N5O3/c1-24-9-14(22-10-24)11-6-17(16-4-5-23-25(16)8-11)29-12-2-3-15(26(27)28)13(7-12)18(19,20)21/h2-10H,1H3. The van der Waals surface area contributed by atoms with Crippen LogP contribution >= 0.6 is 0 Å². The van der Waals surface area contributed by atoms with Crippen LogP contribution in [0.25, 0.3) is 16.8 Å². The molecular formula is C18H12F3N5O3. The van der Waals surface area contributed by atoms with Crippen molar-refractivity contribution in [3.05, 3.63) is 70.9 Å². The van der Waals surface area contributed by atoms with E-state index in [2.05, 4.69) is 10.1 Å². The van der Waals surface area contributed by atoms with Crippen LogP contribution in [0.2, 0.25) is 0 Å². The highest BCUT2D eigenvalue weighted by Crippen LogP contribution is 2.39. The molecule has 3 heterocycles. The molecule has 0 saturated heterocycles. The molecule has 0 aliphatic heterocycles. The third-order valence-corrected chi connectivity index (χ3v) is 4.17. The summed E-state index contributed by atoms with van der Waals surface area (Å²) in [6.07, 6.45) is 1.70. The lowest BCUT2D eigenvalue weighted by Crippen LogP contribution is -2.09. The number of nitro benzene ring substituents is 1. The van der Waals surface area contributed by atoms with Crippen LogP contribution in [0.1, 0.15) is 5.56 Å². The van der Waals surface area contributed by atoms with Crippen molar-refractivity contribution in [1.82, 2.24) is 19.2 Å². The molecule has 0 bridgehead atoms. The van der Waals surface area contributed by atoms with Crippen LogP contribution in [0, 0.1) is 10.1 Å². The van der Waals surface area contributed by atoms with E-state index in [9.17, 15) is 23.3 Å². The molecule has 1 aromatic carbocycles. The van der Waals surface area contributed by atoms with Crippen molar-refractivity contribution in [2.75, 3.05) is 0 Å². The molecule has 0 fully saturated rings. The minimum absolute atomic E-state index is 0.191. The SMILES string of the molecule is Cn1cnc(-c2cc(Oc3ccc([N+](=O)[O-])c(C(F)(F)F)c3)c3ccnn3c2)c1. The number of benzene rings is 1. The summed E-state index contributed by atoms with van der Waals surface area (Å²) in [5.41, 5.74) is -0.659. The molecule has 0 N–H and O–H groups in total. The van der Waals surface area contributed by atoms with Gasteiger partial charge in [-0.25, -0.2) is 9.50 Å². The summed E-state index contributed by atoms with van der Waals surface area (Å²) in [7, 11) is 1.80. The lowest BCUT2D eigenvalue weighted by atomic mass is 10.1. The maximum absolute atomic E-state index is 13.2. The van der Waals surface area contributed by atoms with E-state index in [0.717, 1.165) is 12.1 Å². The van der Waals surface area contributed by atoms with Crippen molar-refractivity contribution < 1.29 is 22.8 Å². The van der Waals surface area contributed by atoms with E-state index in [1.54, 1.807) is 42.5 Å². The Labute approximate surface area is 160 Å². The number of fused-ring (bicyclic) bond motifs is 1. The van der Waals surface area contributed by atoms with Gasteiger partial charge in [0.2, 0.25) is 0 Å². The number of ether oxygens (including phenoxy) is 1. The Bertz CT molecular complexity index is 1230. The van der Waals surface area contributed by atoms with Gasteiger partial charge in [-0.2, -0.15) is 18.3 Å². The first kappa shape index (κ1) is 18.5. The molecule has 3 aromatic heterocycles. The molecule has 0 amide bonds. The zero-order valence-electron chi connectivity index (χ0n) is 14.8. The Hall–Kier alpha value is -3.89. The Kier molecular flexibility index (Phi) is 4.22. The summed E-state index contributed by atoms with van der Waals surface area (Å²) in [6.45, 7) is 0. The summed E-state index contributed by atoms with van der Waals surface area (Å²) in [6, 6.07) is 5.75. The van der Waals surface area contributed by atoms with Gasteiger partial charge in [0.05, 0.1) is 23.1 Å². The van der Waals surface area contributed by atoms with Gasteiger partial charge < -0.3 is 9.30 Å². The number of imidazole rings is 1. The summed E-state index contributed by atoms with van der Waals surface area (Å²) >= 11 is 0. The van der Waals surface area contributed by atoms with Gasteiger partial charge in [0.1, 0.15) is 16.8 Å². The molecule has 148 valence electrons. The van der Waals surface area contributed by atoms with Gasteiger partial charge in [0.15, 0.2) is 5.75 Å². The van der Waals surface area contributed by atoms with E-state index in [0.29, 0.717) is 22.8 Å². The number of alkyl halides is 3. The van der Waals surface area contributed by atoms with Gasteiger partial charge in [-0.1, -0.05) is 0 Å². The van der Waals surface area contributed by atoms with Crippen molar-refractivity contribution in [3.8, 4) is 22.8 Å². The largest absolute Gasteiger partial charge is 0.455 e. The molecule has 0 unspecified atom stereocenters. The highest BCUT2D eigenvalue weighted by Gasteiger charge is 2.38. The average molecular weight is 403 g/mol. The molecule has 0 radical (unpaired) electrons. The Morgan fingerprint density at radius 3 is 2.62 bits per heavy atom. The molecule has 11 heteroatoms. The first-order valence-corrected chi connectivity index (χ1v) is 8.21. The highest BCUT2D eigenvalue weighted by atomic mass is 19.4. The maximum atomic E-state index is 13.2. The normalized spacial score (nSPS) is 11.7. The van der Waals surface area contributed by atoms with Crippen LogP contribution in [0.4, 0.5) is 18.9 Å². The van der Waals surface area contributed by atoms with E-state index >= 15 is 0 Å². The van der Waals surface area contributed by atoms with Crippen LogP contribution in [-0.2, 0) is 13.2 Å². The van der Waals surface area contributed by atoms with E-state index in [-0.39, 0.29) is 11.5 Å². The van der Waals surface area contributed by atoms with Crippen LogP contribution in [0.15, 0.2) is 55.2 Å². The second kappa shape index (κ2) is 6.62. The molecule has 0 saturated carbocycles. The summed E-state index contributed by atoms with van der Waals surface area (Å²) in [4.78, 5) is 14.1. The Morgan fingerprint density at radius 1 is 1.17 bits per heavy atom. The molecule has 29 heavy (non-hydrogen) atoms. The molecule has 4 aromatic rings. The number of pyridine rings is 1. The molecule has 0 atom stereocenters. The van der Waals surface area contributed by atoms with Crippen molar-refractivity contribution in [2.24, 2.45) is 7.05 Å². The highest BCUT2D eigenvalue weighted by molar-refractivity contribution is 5.69. The van der Waals surface area contributed by atoms with Crippen molar-refractivity contribution in [3.63, 3.8) is 0 Å². The van der Waals surface area contributed by atoms with Crippen LogP contribution in [-0.4, -0.2) is 24.1 Å². The predicted molar refractivity (Wildman–Crippen MR) is 95.6 cm³/mol. The fourth-order valence-electron chi connectivity index (χ4n) is 2.87. The number of hydrogen-bond donors (Lipinski definition) is 0. The topological polar surface area (TPSA) is 87.5 Å².